The molecule has 16 heavy (non-hydrogen) atoms. The summed E-state index contributed by atoms with van der Waals surface area (Å²) in [6.07, 6.45) is 0. The van der Waals surface area contributed by atoms with Crippen molar-refractivity contribution in [3.8, 4) is 0 Å². The topological polar surface area (TPSA) is 41.1 Å². The van der Waals surface area contributed by atoms with Crippen LogP contribution in [0.15, 0.2) is 22.7 Å². The number of hydrogen-bond donors (Lipinski definition) is 2. The summed E-state index contributed by atoms with van der Waals surface area (Å²) in [7, 11) is 1.70. The van der Waals surface area contributed by atoms with Crippen LogP contribution in [0.25, 0.3) is 0 Å². The Balaban J connectivity index is 2.82. The van der Waals surface area contributed by atoms with E-state index in [4.69, 9.17) is 0 Å². The highest BCUT2D eigenvalue weighted by atomic mass is 79.9. The Bertz CT molecular complexity index is 407. The minimum atomic E-state index is -0.691. The number of anilines is 1. The monoisotopic (exact) mass is 288 g/mol. The first-order valence-electron chi connectivity index (χ1n) is 4.82. The average molecular weight is 289 g/mol. The van der Waals surface area contributed by atoms with Crippen molar-refractivity contribution in [2.45, 2.75) is 19.4 Å². The molecule has 88 valence electrons. The summed E-state index contributed by atoms with van der Waals surface area (Å²) >= 11 is 3.05. The van der Waals surface area contributed by atoms with Gasteiger partial charge < -0.3 is 10.6 Å². The summed E-state index contributed by atoms with van der Waals surface area (Å²) in [5, 5.41) is 5.51. The molecule has 0 aromatic heterocycles. The quantitative estimate of drug-likeness (QED) is 0.897. The number of amides is 1. The summed E-state index contributed by atoms with van der Waals surface area (Å²) in [5.41, 5.74) is -0.252. The predicted molar refractivity (Wildman–Crippen MR) is 65.9 cm³/mol. The van der Waals surface area contributed by atoms with Gasteiger partial charge in [-0.25, -0.2) is 4.39 Å². The van der Waals surface area contributed by atoms with Crippen LogP contribution in [0.1, 0.15) is 13.8 Å². The minimum Gasteiger partial charge on any atom is -0.324 e. The fourth-order valence-corrected chi connectivity index (χ4v) is 1.22. The lowest BCUT2D eigenvalue weighted by atomic mass is 10.1. The zero-order chi connectivity index (χ0) is 12.3. The molecule has 0 spiro atoms. The largest absolute Gasteiger partial charge is 0.324 e. The molecule has 1 aromatic rings. The van der Waals surface area contributed by atoms with Gasteiger partial charge >= 0.3 is 0 Å². The summed E-state index contributed by atoms with van der Waals surface area (Å²) in [6.45, 7) is 3.50. The van der Waals surface area contributed by atoms with E-state index in [1.54, 1.807) is 33.0 Å². The molecule has 1 aromatic carbocycles. The summed E-state index contributed by atoms with van der Waals surface area (Å²) in [4.78, 5) is 11.8. The van der Waals surface area contributed by atoms with Crippen molar-refractivity contribution >= 4 is 27.5 Å². The first-order valence-corrected chi connectivity index (χ1v) is 5.61. The zero-order valence-electron chi connectivity index (χ0n) is 9.40. The second-order valence-corrected chi connectivity index (χ2v) is 4.81. The highest BCUT2D eigenvalue weighted by molar-refractivity contribution is 9.10. The van der Waals surface area contributed by atoms with Gasteiger partial charge in [-0.2, -0.15) is 0 Å². The van der Waals surface area contributed by atoms with E-state index in [-0.39, 0.29) is 5.91 Å². The van der Waals surface area contributed by atoms with Gasteiger partial charge in [-0.1, -0.05) is 0 Å². The van der Waals surface area contributed by atoms with Gasteiger partial charge in [0.1, 0.15) is 5.82 Å². The number of carbonyl (C=O) groups is 1. The van der Waals surface area contributed by atoms with Gasteiger partial charge in [-0.15, -0.1) is 0 Å². The Labute approximate surface area is 103 Å². The molecular formula is C11H14BrFN2O. The summed E-state index contributed by atoms with van der Waals surface area (Å²) in [5.74, 6) is -0.614. The molecule has 0 aliphatic rings. The van der Waals surface area contributed by atoms with Crippen molar-refractivity contribution in [3.05, 3.63) is 28.5 Å². The van der Waals surface area contributed by atoms with Crippen LogP contribution in [0.3, 0.4) is 0 Å². The van der Waals surface area contributed by atoms with E-state index < -0.39 is 11.4 Å². The summed E-state index contributed by atoms with van der Waals surface area (Å²) < 4.78 is 13.6. The van der Waals surface area contributed by atoms with Crippen molar-refractivity contribution in [3.63, 3.8) is 0 Å². The maximum atomic E-state index is 13.2. The lowest BCUT2D eigenvalue weighted by Gasteiger charge is -2.22. The molecule has 0 radical (unpaired) electrons. The molecule has 0 atom stereocenters. The van der Waals surface area contributed by atoms with Crippen LogP contribution < -0.4 is 10.6 Å². The first kappa shape index (κ1) is 13.1. The van der Waals surface area contributed by atoms with Crippen molar-refractivity contribution in [1.29, 1.82) is 0 Å². The predicted octanol–water partition coefficient (Wildman–Crippen LogP) is 2.52. The van der Waals surface area contributed by atoms with Gasteiger partial charge in [-0.3, -0.25) is 4.79 Å². The van der Waals surface area contributed by atoms with E-state index in [1.165, 1.54) is 6.07 Å². The van der Waals surface area contributed by atoms with Crippen molar-refractivity contribution in [2.75, 3.05) is 12.4 Å². The lowest BCUT2D eigenvalue weighted by molar-refractivity contribution is -0.121. The number of benzene rings is 1. The Morgan fingerprint density at radius 1 is 1.44 bits per heavy atom. The standard InChI is InChI=1S/C11H14BrFN2O/c1-11(2,14-3)10(16)15-7-4-5-8(12)9(13)6-7/h4-6,14H,1-3H3,(H,15,16). The van der Waals surface area contributed by atoms with Crippen molar-refractivity contribution in [1.82, 2.24) is 5.32 Å². The van der Waals surface area contributed by atoms with Gasteiger partial charge in [0.2, 0.25) is 5.91 Å². The van der Waals surface area contributed by atoms with Crippen LogP contribution >= 0.6 is 15.9 Å². The summed E-state index contributed by atoms with van der Waals surface area (Å²) in [6, 6.07) is 4.46. The highest BCUT2D eigenvalue weighted by Gasteiger charge is 2.25. The molecule has 2 N–H and O–H groups in total. The number of hydrogen-bond acceptors (Lipinski definition) is 2. The van der Waals surface area contributed by atoms with E-state index in [9.17, 15) is 9.18 Å². The fraction of sp³-hybridized carbons (Fsp3) is 0.364. The molecule has 0 saturated heterocycles. The van der Waals surface area contributed by atoms with E-state index in [0.717, 1.165) is 0 Å². The number of likely N-dealkylation sites (N-methyl/N-ethyl adjacent to an activating group) is 1. The van der Waals surface area contributed by atoms with Gasteiger partial charge in [0.15, 0.2) is 0 Å². The molecule has 1 rings (SSSR count). The van der Waals surface area contributed by atoms with Gasteiger partial charge in [0.05, 0.1) is 10.0 Å². The lowest BCUT2D eigenvalue weighted by Crippen LogP contribution is -2.47. The second kappa shape index (κ2) is 4.93. The Morgan fingerprint density at radius 2 is 2.06 bits per heavy atom. The van der Waals surface area contributed by atoms with Crippen molar-refractivity contribution < 1.29 is 9.18 Å². The van der Waals surface area contributed by atoms with Crippen LogP contribution in [0.2, 0.25) is 0 Å². The normalized spacial score (nSPS) is 11.3. The van der Waals surface area contributed by atoms with Crippen LogP contribution in [-0.2, 0) is 4.79 Å². The maximum Gasteiger partial charge on any atom is 0.244 e. The van der Waals surface area contributed by atoms with Gasteiger partial charge in [-0.05, 0) is 55.0 Å². The molecule has 0 bridgehead atoms. The average Bonchev–Trinajstić information content (AvgIpc) is 2.23. The molecule has 0 saturated carbocycles. The smallest absolute Gasteiger partial charge is 0.244 e. The molecule has 1 amide bonds. The van der Waals surface area contributed by atoms with E-state index in [1.807, 2.05) is 0 Å². The first-order chi connectivity index (χ1) is 7.36. The molecule has 0 aliphatic heterocycles. The Hall–Kier alpha value is -0.940. The molecule has 3 nitrogen and oxygen atoms in total. The molecular weight excluding hydrogens is 275 g/mol. The third kappa shape index (κ3) is 3.02. The van der Waals surface area contributed by atoms with Crippen LogP contribution in [-0.4, -0.2) is 18.5 Å². The molecule has 5 heteroatoms. The zero-order valence-corrected chi connectivity index (χ0v) is 11.0. The van der Waals surface area contributed by atoms with E-state index in [2.05, 4.69) is 26.6 Å². The molecule has 0 heterocycles. The number of rotatable bonds is 3. The van der Waals surface area contributed by atoms with Gasteiger partial charge in [0.25, 0.3) is 0 Å². The SMILES string of the molecule is CNC(C)(C)C(=O)Nc1ccc(Br)c(F)c1. The van der Waals surface area contributed by atoms with Gasteiger partial charge in [0, 0.05) is 5.69 Å². The Kier molecular flexibility index (Phi) is 4.04. The van der Waals surface area contributed by atoms with E-state index in [0.29, 0.717) is 10.2 Å². The van der Waals surface area contributed by atoms with Crippen LogP contribution in [0, 0.1) is 5.82 Å². The third-order valence-electron chi connectivity index (χ3n) is 2.37. The molecule has 0 aliphatic carbocycles. The maximum absolute atomic E-state index is 13.2. The van der Waals surface area contributed by atoms with E-state index >= 15 is 0 Å². The number of halogens is 2. The van der Waals surface area contributed by atoms with Crippen molar-refractivity contribution in [2.24, 2.45) is 0 Å². The number of carbonyl (C=O) groups excluding carboxylic acids is 1. The van der Waals surface area contributed by atoms with Crippen LogP contribution in [0.4, 0.5) is 10.1 Å². The fourth-order valence-electron chi connectivity index (χ4n) is 0.975. The number of nitrogens with one attached hydrogen (secondary N) is 2. The van der Waals surface area contributed by atoms with Crippen LogP contribution in [0.5, 0.6) is 0 Å². The molecule has 0 fully saturated rings. The minimum absolute atomic E-state index is 0.211. The molecule has 0 unspecified atom stereocenters. The third-order valence-corrected chi connectivity index (χ3v) is 3.01. The second-order valence-electron chi connectivity index (χ2n) is 3.96. The Morgan fingerprint density at radius 3 is 2.56 bits per heavy atom. The highest BCUT2D eigenvalue weighted by Crippen LogP contribution is 2.20.